The van der Waals surface area contributed by atoms with Crippen LogP contribution in [0.15, 0.2) is 42.5 Å². The maximum absolute atomic E-state index is 2.23. The first-order chi connectivity index (χ1) is 6.42. The molecule has 0 radical (unpaired) electrons. The summed E-state index contributed by atoms with van der Waals surface area (Å²) in [6.45, 7) is 0. The molecular formula is C12H11BrMg. The topological polar surface area (TPSA) is 0 Å². The molecule has 2 heteroatoms. The number of rotatable bonds is 2. The third-order valence-corrected chi connectivity index (χ3v) is 2.68. The molecule has 0 bridgehead atoms. The van der Waals surface area contributed by atoms with E-state index in [1.807, 2.05) is 21.7 Å². The van der Waals surface area contributed by atoms with Gasteiger partial charge in [0.05, 0.1) is 0 Å². The molecule has 0 fully saturated rings. The zero-order valence-corrected chi connectivity index (χ0v) is 11.0. The van der Waals surface area contributed by atoms with Crippen LogP contribution in [0.25, 0.3) is 10.8 Å². The predicted molar refractivity (Wildman–Crippen MR) is 58.2 cm³/mol. The number of halogens is 1. The van der Waals surface area contributed by atoms with E-state index in [2.05, 4.69) is 42.5 Å². The second-order valence-electron chi connectivity index (χ2n) is 3.24. The summed E-state index contributed by atoms with van der Waals surface area (Å²) >= 11 is 2.04. The van der Waals surface area contributed by atoms with Crippen LogP contribution < -0.4 is 17.0 Å². The van der Waals surface area contributed by atoms with Gasteiger partial charge in [0.15, 0.2) is 0 Å². The van der Waals surface area contributed by atoms with Gasteiger partial charge in [-0.2, -0.15) is 0 Å². The Bertz CT molecular complexity index is 406. The van der Waals surface area contributed by atoms with Crippen molar-refractivity contribution in [1.29, 1.82) is 0 Å². The summed E-state index contributed by atoms with van der Waals surface area (Å²) in [5.74, 6) is 0. The molecule has 0 aliphatic heterocycles. The molecule has 2 aromatic rings. The van der Waals surface area contributed by atoms with Gasteiger partial charge in [0.1, 0.15) is 0 Å². The Kier molecular flexibility index (Phi) is 4.92. The molecule has 0 amide bonds. The summed E-state index contributed by atoms with van der Waals surface area (Å²) in [4.78, 5) is 0. The van der Waals surface area contributed by atoms with Crippen molar-refractivity contribution in [3.63, 3.8) is 0 Å². The molecule has 68 valence electrons. The normalized spacial score (nSPS) is 9.86. The molecule has 0 atom stereocenters. The fourth-order valence-electron chi connectivity index (χ4n) is 1.70. The van der Waals surface area contributed by atoms with E-state index in [1.165, 1.54) is 27.3 Å². The Morgan fingerprint density at radius 1 is 0.929 bits per heavy atom. The predicted octanol–water partition coefficient (Wildman–Crippen LogP) is -0.0269. The molecule has 0 saturated carbocycles. The third kappa shape index (κ3) is 2.50. The quantitative estimate of drug-likeness (QED) is 0.665. The number of hydrogen-bond donors (Lipinski definition) is 0. The summed E-state index contributed by atoms with van der Waals surface area (Å²) in [7, 11) is 0. The molecule has 0 spiro atoms. The van der Waals surface area contributed by atoms with Crippen molar-refractivity contribution in [3.05, 3.63) is 48.0 Å². The van der Waals surface area contributed by atoms with E-state index in [0.29, 0.717) is 0 Å². The number of benzene rings is 2. The van der Waals surface area contributed by atoms with E-state index in [-0.39, 0.29) is 17.0 Å². The monoisotopic (exact) mass is 258 g/mol. The summed E-state index contributed by atoms with van der Waals surface area (Å²) in [5, 5.41) is 2.77. The average Bonchev–Trinajstić information content (AvgIpc) is 2.19. The zero-order valence-electron chi connectivity index (χ0n) is 8.04. The van der Waals surface area contributed by atoms with Crippen LogP contribution in [-0.4, -0.2) is 21.7 Å². The van der Waals surface area contributed by atoms with Crippen molar-refractivity contribution >= 4 is 32.5 Å². The molecule has 0 aliphatic carbocycles. The Morgan fingerprint density at radius 3 is 2.43 bits per heavy atom. The molecule has 14 heavy (non-hydrogen) atoms. The summed E-state index contributed by atoms with van der Waals surface area (Å²) in [6.07, 6.45) is 1.19. The fourth-order valence-corrected chi connectivity index (χ4v) is 2.08. The van der Waals surface area contributed by atoms with Crippen LogP contribution in [0, 0.1) is 0 Å². The van der Waals surface area contributed by atoms with Gasteiger partial charge in [-0.25, -0.2) is 0 Å². The van der Waals surface area contributed by atoms with Crippen LogP contribution in [0.5, 0.6) is 0 Å². The van der Waals surface area contributed by atoms with Crippen molar-refractivity contribution < 1.29 is 17.0 Å². The van der Waals surface area contributed by atoms with Gasteiger partial charge in [0.2, 0.25) is 0 Å². The van der Waals surface area contributed by atoms with E-state index < -0.39 is 0 Å². The van der Waals surface area contributed by atoms with Gasteiger partial charge in [-0.3, -0.25) is 0 Å². The van der Waals surface area contributed by atoms with Crippen molar-refractivity contribution in [2.75, 3.05) is 0 Å². The Hall–Kier alpha value is -0.0538. The van der Waals surface area contributed by atoms with E-state index >= 15 is 0 Å². The van der Waals surface area contributed by atoms with Crippen LogP contribution >= 0.6 is 0 Å². The van der Waals surface area contributed by atoms with Gasteiger partial charge in [-0.05, 0) is 0 Å². The standard InChI is InChI=1S/C12H11.BrH.Mg/c1-2-10-7-5-8-11-6-3-4-9-12(10)11;;/h3-9H,1-2H2;1H;/q;;+1/p-1. The van der Waals surface area contributed by atoms with Crippen LogP contribution in [-0.2, 0) is 6.42 Å². The minimum absolute atomic E-state index is 0. The molecule has 0 N–H and O–H groups in total. The van der Waals surface area contributed by atoms with Gasteiger partial charge in [0, 0.05) is 0 Å². The van der Waals surface area contributed by atoms with Crippen LogP contribution in [0.2, 0.25) is 4.55 Å². The van der Waals surface area contributed by atoms with Crippen LogP contribution in [0.4, 0.5) is 0 Å². The van der Waals surface area contributed by atoms with Crippen LogP contribution in [0.3, 0.4) is 0 Å². The first-order valence-corrected chi connectivity index (χ1v) is 5.67. The zero-order chi connectivity index (χ0) is 9.10. The first kappa shape index (κ1) is 12.0. The molecule has 2 aromatic carbocycles. The average molecular weight is 259 g/mol. The molecule has 2 rings (SSSR count). The van der Waals surface area contributed by atoms with Crippen molar-refractivity contribution in [3.8, 4) is 0 Å². The van der Waals surface area contributed by atoms with Crippen molar-refractivity contribution in [1.82, 2.24) is 0 Å². The van der Waals surface area contributed by atoms with Gasteiger partial charge in [0.25, 0.3) is 0 Å². The Morgan fingerprint density at radius 2 is 1.64 bits per heavy atom. The second-order valence-corrected chi connectivity index (χ2v) is 3.95. The van der Waals surface area contributed by atoms with Crippen LogP contribution in [0.1, 0.15) is 5.56 Å². The summed E-state index contributed by atoms with van der Waals surface area (Å²) in [6, 6.07) is 15.2. The summed E-state index contributed by atoms with van der Waals surface area (Å²) in [5.41, 5.74) is 1.48. The second kappa shape index (κ2) is 5.74. The molecule has 0 heterocycles. The van der Waals surface area contributed by atoms with Crippen molar-refractivity contribution in [2.45, 2.75) is 11.0 Å². The molecular weight excluding hydrogens is 248 g/mol. The van der Waals surface area contributed by atoms with E-state index in [4.69, 9.17) is 0 Å². The van der Waals surface area contributed by atoms with E-state index in [9.17, 15) is 0 Å². The minimum atomic E-state index is 0. The van der Waals surface area contributed by atoms with Gasteiger partial charge >= 0.3 is 91.5 Å². The van der Waals surface area contributed by atoms with Gasteiger partial charge in [-0.15, -0.1) is 0 Å². The molecule has 0 aromatic heterocycles. The first-order valence-electron chi connectivity index (χ1n) is 4.67. The van der Waals surface area contributed by atoms with E-state index in [0.717, 1.165) is 0 Å². The molecule has 0 unspecified atom stereocenters. The van der Waals surface area contributed by atoms with Crippen molar-refractivity contribution in [2.24, 2.45) is 0 Å². The molecule has 0 saturated heterocycles. The number of hydrogen-bond acceptors (Lipinski definition) is 0. The maximum atomic E-state index is 2.23. The molecule has 0 nitrogen and oxygen atoms in total. The third-order valence-electron chi connectivity index (χ3n) is 2.33. The summed E-state index contributed by atoms with van der Waals surface area (Å²) < 4.78 is 1.24. The number of aryl methyl sites for hydroxylation is 1. The Balaban J connectivity index is 0.000000980. The SMILES string of the molecule is [Br-].[Mg+][CH2]Cc1cccc2ccccc12. The van der Waals surface area contributed by atoms with E-state index in [1.54, 1.807) is 0 Å². The molecule has 0 aliphatic rings. The Labute approximate surface area is 108 Å². The van der Waals surface area contributed by atoms with Gasteiger partial charge < -0.3 is 17.0 Å². The fraction of sp³-hybridized carbons (Fsp3) is 0.167. The number of fused-ring (bicyclic) bond motifs is 1. The van der Waals surface area contributed by atoms with Gasteiger partial charge in [-0.1, -0.05) is 0 Å².